The van der Waals surface area contributed by atoms with Crippen LogP contribution in [-0.4, -0.2) is 43.4 Å². The first-order valence-corrected chi connectivity index (χ1v) is 5.31. The topological polar surface area (TPSA) is 24.5 Å². The Bertz CT molecular complexity index is 178. The summed E-state index contributed by atoms with van der Waals surface area (Å²) in [4.78, 5) is 2.43. The van der Waals surface area contributed by atoms with Crippen molar-refractivity contribution in [1.82, 2.24) is 10.2 Å². The van der Waals surface area contributed by atoms with Crippen LogP contribution in [0.3, 0.4) is 0 Å². The molecule has 2 aliphatic heterocycles. The summed E-state index contributed by atoms with van der Waals surface area (Å²) >= 11 is 0. The molecule has 2 rings (SSSR count). The van der Waals surface area contributed by atoms with Crippen molar-refractivity contribution in [3.8, 4) is 0 Å². The highest BCUT2D eigenvalue weighted by Gasteiger charge is 2.40. The van der Waals surface area contributed by atoms with E-state index in [0.717, 1.165) is 13.2 Å². The normalized spacial score (nSPS) is 42.5. The Labute approximate surface area is 80.4 Å². The van der Waals surface area contributed by atoms with E-state index in [4.69, 9.17) is 4.74 Å². The lowest BCUT2D eigenvalue weighted by atomic mass is 9.94. The second-order valence-corrected chi connectivity index (χ2v) is 4.37. The fraction of sp³-hybridized carbons (Fsp3) is 1.00. The first-order chi connectivity index (χ1) is 6.22. The quantitative estimate of drug-likeness (QED) is 0.652. The molecule has 76 valence electrons. The minimum absolute atomic E-state index is 0.0881. The van der Waals surface area contributed by atoms with Crippen LogP contribution in [0.2, 0.25) is 0 Å². The summed E-state index contributed by atoms with van der Waals surface area (Å²) in [5.41, 5.74) is -0.0881. The van der Waals surface area contributed by atoms with Gasteiger partial charge in [-0.25, -0.2) is 0 Å². The van der Waals surface area contributed by atoms with Gasteiger partial charge in [-0.2, -0.15) is 0 Å². The highest BCUT2D eigenvalue weighted by atomic mass is 16.5. The Hall–Kier alpha value is -0.120. The van der Waals surface area contributed by atoms with Crippen molar-refractivity contribution in [1.29, 1.82) is 0 Å². The van der Waals surface area contributed by atoms with Gasteiger partial charge in [0.15, 0.2) is 0 Å². The molecule has 3 nitrogen and oxygen atoms in total. The number of nitrogens with zero attached hydrogens (tertiary/aromatic N) is 1. The number of likely N-dealkylation sites (N-methyl/N-ethyl adjacent to an activating group) is 1. The van der Waals surface area contributed by atoms with Gasteiger partial charge in [0.2, 0.25) is 0 Å². The zero-order chi connectivity index (χ0) is 9.31. The van der Waals surface area contributed by atoms with E-state index < -0.39 is 0 Å². The van der Waals surface area contributed by atoms with Gasteiger partial charge >= 0.3 is 0 Å². The average molecular weight is 184 g/mol. The van der Waals surface area contributed by atoms with Gasteiger partial charge in [-0.15, -0.1) is 0 Å². The second-order valence-electron chi connectivity index (χ2n) is 4.37. The molecule has 2 atom stereocenters. The minimum atomic E-state index is -0.0881. The van der Waals surface area contributed by atoms with Crippen LogP contribution >= 0.6 is 0 Å². The smallest absolute Gasteiger partial charge is 0.132 e. The Kier molecular flexibility index (Phi) is 2.58. The zero-order valence-electron chi connectivity index (χ0n) is 8.68. The monoisotopic (exact) mass is 184 g/mol. The standard InChI is InChI=1S/C10H20N2O/c1-10(11-6-8-13-10)9-5-3-4-7-12(9)2/h9,11H,3-8H2,1-2H3. The summed E-state index contributed by atoms with van der Waals surface area (Å²) in [6.07, 6.45) is 3.94. The summed E-state index contributed by atoms with van der Waals surface area (Å²) < 4.78 is 5.80. The first-order valence-electron chi connectivity index (χ1n) is 5.31. The predicted molar refractivity (Wildman–Crippen MR) is 52.6 cm³/mol. The molecule has 2 unspecified atom stereocenters. The van der Waals surface area contributed by atoms with E-state index in [1.165, 1.54) is 25.8 Å². The first kappa shape index (κ1) is 9.44. The molecule has 0 aromatic carbocycles. The molecule has 2 aliphatic rings. The van der Waals surface area contributed by atoms with Crippen LogP contribution in [0, 0.1) is 0 Å². The number of hydrogen-bond acceptors (Lipinski definition) is 3. The van der Waals surface area contributed by atoms with Crippen LogP contribution in [0.4, 0.5) is 0 Å². The highest BCUT2D eigenvalue weighted by molar-refractivity contribution is 4.93. The van der Waals surface area contributed by atoms with Crippen molar-refractivity contribution in [2.75, 3.05) is 26.7 Å². The third-order valence-electron chi connectivity index (χ3n) is 3.39. The van der Waals surface area contributed by atoms with Crippen LogP contribution in [0.15, 0.2) is 0 Å². The van der Waals surface area contributed by atoms with E-state index in [2.05, 4.69) is 24.2 Å². The van der Waals surface area contributed by atoms with E-state index in [0.29, 0.717) is 6.04 Å². The van der Waals surface area contributed by atoms with Crippen LogP contribution in [-0.2, 0) is 4.74 Å². The van der Waals surface area contributed by atoms with Crippen molar-refractivity contribution in [2.45, 2.75) is 38.0 Å². The Morgan fingerprint density at radius 1 is 1.46 bits per heavy atom. The molecule has 2 fully saturated rings. The number of hydrogen-bond donors (Lipinski definition) is 1. The summed E-state index contributed by atoms with van der Waals surface area (Å²) in [7, 11) is 2.21. The molecule has 2 saturated heterocycles. The fourth-order valence-corrected chi connectivity index (χ4v) is 2.60. The highest BCUT2D eigenvalue weighted by Crippen LogP contribution is 2.27. The largest absolute Gasteiger partial charge is 0.358 e. The SMILES string of the molecule is CN1CCCCC1C1(C)NCCO1. The van der Waals surface area contributed by atoms with Crippen LogP contribution in [0.5, 0.6) is 0 Å². The van der Waals surface area contributed by atoms with Crippen molar-refractivity contribution in [2.24, 2.45) is 0 Å². The third kappa shape index (κ3) is 1.73. The van der Waals surface area contributed by atoms with Gasteiger partial charge in [0.05, 0.1) is 12.6 Å². The number of likely N-dealkylation sites (tertiary alicyclic amines) is 1. The third-order valence-corrected chi connectivity index (χ3v) is 3.39. The predicted octanol–water partition coefficient (Wildman–Crippen LogP) is 0.807. The molecule has 3 heteroatoms. The van der Waals surface area contributed by atoms with Crippen LogP contribution < -0.4 is 5.32 Å². The molecule has 0 saturated carbocycles. The number of ether oxygens (including phenoxy) is 1. The minimum Gasteiger partial charge on any atom is -0.358 e. The Balaban J connectivity index is 2.04. The van der Waals surface area contributed by atoms with E-state index in [9.17, 15) is 0 Å². The van der Waals surface area contributed by atoms with Crippen molar-refractivity contribution >= 4 is 0 Å². The zero-order valence-corrected chi connectivity index (χ0v) is 8.68. The van der Waals surface area contributed by atoms with Gasteiger partial charge in [-0.3, -0.25) is 10.2 Å². The molecule has 0 aromatic heterocycles. The van der Waals surface area contributed by atoms with Gasteiger partial charge in [0, 0.05) is 6.54 Å². The fourth-order valence-electron chi connectivity index (χ4n) is 2.60. The van der Waals surface area contributed by atoms with Gasteiger partial charge in [0.25, 0.3) is 0 Å². The molecular formula is C10H20N2O. The Morgan fingerprint density at radius 3 is 2.92 bits per heavy atom. The molecule has 0 bridgehead atoms. The summed E-state index contributed by atoms with van der Waals surface area (Å²) in [6, 6.07) is 0.559. The van der Waals surface area contributed by atoms with Crippen LogP contribution in [0.1, 0.15) is 26.2 Å². The second kappa shape index (κ2) is 3.56. The molecule has 13 heavy (non-hydrogen) atoms. The average Bonchev–Trinajstić information content (AvgIpc) is 2.54. The van der Waals surface area contributed by atoms with Crippen LogP contribution in [0.25, 0.3) is 0 Å². The maximum absolute atomic E-state index is 5.80. The molecule has 0 radical (unpaired) electrons. The lowest BCUT2D eigenvalue weighted by molar-refractivity contribution is -0.0709. The molecule has 0 amide bonds. The molecular weight excluding hydrogens is 164 g/mol. The van der Waals surface area contributed by atoms with Gasteiger partial charge in [-0.1, -0.05) is 6.42 Å². The maximum Gasteiger partial charge on any atom is 0.132 e. The van der Waals surface area contributed by atoms with Gasteiger partial charge < -0.3 is 4.74 Å². The summed E-state index contributed by atoms with van der Waals surface area (Å²) in [6.45, 7) is 5.26. The molecule has 0 aliphatic carbocycles. The molecule has 0 spiro atoms. The number of piperidine rings is 1. The lowest BCUT2D eigenvalue weighted by Gasteiger charge is -2.42. The lowest BCUT2D eigenvalue weighted by Crippen LogP contribution is -2.57. The van der Waals surface area contributed by atoms with Crippen molar-refractivity contribution < 1.29 is 4.74 Å². The van der Waals surface area contributed by atoms with Crippen molar-refractivity contribution in [3.63, 3.8) is 0 Å². The summed E-state index contributed by atoms with van der Waals surface area (Å²) in [5.74, 6) is 0. The van der Waals surface area contributed by atoms with E-state index in [1.54, 1.807) is 0 Å². The number of rotatable bonds is 1. The maximum atomic E-state index is 5.80. The number of nitrogens with one attached hydrogen (secondary N) is 1. The van der Waals surface area contributed by atoms with Crippen molar-refractivity contribution in [3.05, 3.63) is 0 Å². The molecule has 2 heterocycles. The Morgan fingerprint density at radius 2 is 2.31 bits per heavy atom. The van der Waals surface area contributed by atoms with Gasteiger partial charge in [0.1, 0.15) is 5.72 Å². The summed E-state index contributed by atoms with van der Waals surface area (Å²) in [5, 5.41) is 3.47. The van der Waals surface area contributed by atoms with E-state index >= 15 is 0 Å². The molecule has 1 N–H and O–H groups in total. The van der Waals surface area contributed by atoms with E-state index in [1.807, 2.05) is 0 Å². The van der Waals surface area contributed by atoms with Gasteiger partial charge in [-0.05, 0) is 33.4 Å². The molecule has 0 aromatic rings. The van der Waals surface area contributed by atoms with E-state index in [-0.39, 0.29) is 5.72 Å².